The summed E-state index contributed by atoms with van der Waals surface area (Å²) in [4.78, 5) is 6.22. The van der Waals surface area contributed by atoms with E-state index in [1.165, 1.54) is 4.88 Å². The predicted molar refractivity (Wildman–Crippen MR) is 90.6 cm³/mol. The minimum absolute atomic E-state index is 0.190. The lowest BCUT2D eigenvalue weighted by atomic mass is 10.1. The maximum absolute atomic E-state index is 5.68. The minimum atomic E-state index is 0.190. The van der Waals surface area contributed by atoms with Gasteiger partial charge in [-0.25, -0.2) is 4.98 Å². The molecule has 106 valence electrons. The number of aromatic nitrogens is 1. The van der Waals surface area contributed by atoms with Gasteiger partial charge in [0, 0.05) is 22.3 Å². The zero-order chi connectivity index (χ0) is 14.7. The SMILES string of the molecule is CCc1cnc(C(C)Nc2ccc(C(N)=S)c(C)c2)s1. The normalized spacial score (nSPS) is 12.2. The number of hydrogen-bond donors (Lipinski definition) is 2. The van der Waals surface area contributed by atoms with E-state index in [0.717, 1.165) is 28.2 Å². The number of rotatable bonds is 5. The van der Waals surface area contributed by atoms with Crippen LogP contribution in [0.1, 0.15) is 40.9 Å². The minimum Gasteiger partial charge on any atom is -0.389 e. The van der Waals surface area contributed by atoms with Crippen LogP contribution in [0.4, 0.5) is 5.69 Å². The molecule has 0 aliphatic rings. The van der Waals surface area contributed by atoms with Crippen molar-refractivity contribution in [3.05, 3.63) is 45.4 Å². The number of hydrogen-bond acceptors (Lipinski definition) is 4. The first-order valence-electron chi connectivity index (χ1n) is 6.62. The van der Waals surface area contributed by atoms with Crippen LogP contribution in [0.3, 0.4) is 0 Å². The summed E-state index contributed by atoms with van der Waals surface area (Å²) in [6.45, 7) is 6.28. The Hall–Kier alpha value is -1.46. The van der Waals surface area contributed by atoms with Gasteiger partial charge in [0.2, 0.25) is 0 Å². The molecule has 0 aliphatic carbocycles. The molecular formula is C15H19N3S2. The molecule has 0 saturated carbocycles. The van der Waals surface area contributed by atoms with Gasteiger partial charge in [-0.3, -0.25) is 0 Å². The number of nitrogens with one attached hydrogen (secondary N) is 1. The second-order valence-electron chi connectivity index (χ2n) is 4.78. The zero-order valence-corrected chi connectivity index (χ0v) is 13.6. The molecule has 0 fully saturated rings. The number of thiocarbonyl (C=S) groups is 1. The van der Waals surface area contributed by atoms with E-state index in [4.69, 9.17) is 18.0 Å². The Morgan fingerprint density at radius 1 is 1.50 bits per heavy atom. The van der Waals surface area contributed by atoms with E-state index in [0.29, 0.717) is 4.99 Å². The molecule has 1 unspecified atom stereocenters. The number of aryl methyl sites for hydroxylation is 2. The summed E-state index contributed by atoms with van der Waals surface area (Å²) in [7, 11) is 0. The molecule has 3 N–H and O–H groups in total. The molecule has 2 rings (SSSR count). The van der Waals surface area contributed by atoms with Gasteiger partial charge in [-0.15, -0.1) is 11.3 Å². The number of anilines is 1. The average Bonchev–Trinajstić information content (AvgIpc) is 2.87. The van der Waals surface area contributed by atoms with Crippen LogP contribution in [0.25, 0.3) is 0 Å². The van der Waals surface area contributed by atoms with Gasteiger partial charge in [0.1, 0.15) is 10.00 Å². The molecule has 0 amide bonds. The summed E-state index contributed by atoms with van der Waals surface area (Å²) in [5.41, 5.74) is 8.75. The lowest BCUT2D eigenvalue weighted by molar-refractivity contribution is 0.869. The Morgan fingerprint density at radius 2 is 2.25 bits per heavy atom. The molecule has 0 aliphatic heterocycles. The fourth-order valence-corrected chi connectivity index (χ4v) is 3.12. The summed E-state index contributed by atoms with van der Waals surface area (Å²) in [6.07, 6.45) is 2.99. The molecule has 1 heterocycles. The molecule has 0 radical (unpaired) electrons. The maximum Gasteiger partial charge on any atom is 0.115 e. The molecule has 1 aromatic heterocycles. The van der Waals surface area contributed by atoms with E-state index in [1.54, 1.807) is 11.3 Å². The van der Waals surface area contributed by atoms with E-state index >= 15 is 0 Å². The highest BCUT2D eigenvalue weighted by Crippen LogP contribution is 2.25. The average molecular weight is 305 g/mol. The highest BCUT2D eigenvalue weighted by atomic mass is 32.1. The first-order chi connectivity index (χ1) is 9.51. The van der Waals surface area contributed by atoms with Crippen molar-refractivity contribution in [2.45, 2.75) is 33.2 Å². The Kier molecular flexibility index (Phi) is 4.73. The number of thiazole rings is 1. The van der Waals surface area contributed by atoms with E-state index in [2.05, 4.69) is 30.2 Å². The number of benzene rings is 1. The van der Waals surface area contributed by atoms with Crippen LogP contribution >= 0.6 is 23.6 Å². The maximum atomic E-state index is 5.68. The van der Waals surface area contributed by atoms with Crippen molar-refractivity contribution in [3.8, 4) is 0 Å². The van der Waals surface area contributed by atoms with E-state index in [9.17, 15) is 0 Å². The van der Waals surface area contributed by atoms with Gasteiger partial charge in [0.05, 0.1) is 6.04 Å². The fraction of sp³-hybridized carbons (Fsp3) is 0.333. The van der Waals surface area contributed by atoms with Crippen LogP contribution in [-0.4, -0.2) is 9.97 Å². The lowest BCUT2D eigenvalue weighted by Gasteiger charge is -2.14. The van der Waals surface area contributed by atoms with Crippen LogP contribution in [0.5, 0.6) is 0 Å². The van der Waals surface area contributed by atoms with Crippen LogP contribution in [0.15, 0.2) is 24.4 Å². The highest BCUT2D eigenvalue weighted by molar-refractivity contribution is 7.80. The summed E-state index contributed by atoms with van der Waals surface area (Å²) in [5, 5.41) is 4.58. The van der Waals surface area contributed by atoms with Crippen molar-refractivity contribution in [2.75, 3.05) is 5.32 Å². The molecule has 3 nitrogen and oxygen atoms in total. The summed E-state index contributed by atoms with van der Waals surface area (Å²) >= 11 is 6.78. The van der Waals surface area contributed by atoms with Crippen molar-refractivity contribution in [2.24, 2.45) is 5.73 Å². The van der Waals surface area contributed by atoms with Crippen molar-refractivity contribution >= 4 is 34.2 Å². The number of nitrogens with two attached hydrogens (primary N) is 1. The Labute approximate surface area is 129 Å². The molecule has 20 heavy (non-hydrogen) atoms. The topological polar surface area (TPSA) is 50.9 Å². The quantitative estimate of drug-likeness (QED) is 0.825. The van der Waals surface area contributed by atoms with Gasteiger partial charge in [-0.05, 0) is 44.0 Å². The fourth-order valence-electron chi connectivity index (χ4n) is 2.03. The van der Waals surface area contributed by atoms with Crippen molar-refractivity contribution in [1.29, 1.82) is 0 Å². The smallest absolute Gasteiger partial charge is 0.115 e. The Bertz CT molecular complexity index is 619. The third kappa shape index (κ3) is 3.35. The highest BCUT2D eigenvalue weighted by Gasteiger charge is 2.11. The molecule has 1 aromatic carbocycles. The van der Waals surface area contributed by atoms with E-state index < -0.39 is 0 Å². The molecule has 0 bridgehead atoms. The summed E-state index contributed by atoms with van der Waals surface area (Å²) < 4.78 is 0. The monoisotopic (exact) mass is 305 g/mol. The van der Waals surface area contributed by atoms with Gasteiger partial charge in [0.15, 0.2) is 0 Å². The van der Waals surface area contributed by atoms with E-state index in [-0.39, 0.29) is 6.04 Å². The molecule has 1 atom stereocenters. The van der Waals surface area contributed by atoms with E-state index in [1.807, 2.05) is 25.3 Å². The third-order valence-electron chi connectivity index (χ3n) is 3.17. The first kappa shape index (κ1) is 14.9. The van der Waals surface area contributed by atoms with Gasteiger partial charge in [-0.2, -0.15) is 0 Å². The third-order valence-corrected chi connectivity index (χ3v) is 4.71. The van der Waals surface area contributed by atoms with Crippen LogP contribution in [-0.2, 0) is 6.42 Å². The van der Waals surface area contributed by atoms with Gasteiger partial charge in [0.25, 0.3) is 0 Å². The van der Waals surface area contributed by atoms with Crippen LogP contribution in [0, 0.1) is 6.92 Å². The largest absolute Gasteiger partial charge is 0.389 e. The standard InChI is InChI=1S/C15H19N3S2/c1-4-12-8-17-15(20-12)10(3)18-11-5-6-13(14(16)19)9(2)7-11/h5-8,10,18H,4H2,1-3H3,(H2,16,19). The van der Waals surface area contributed by atoms with Crippen molar-refractivity contribution < 1.29 is 0 Å². The molecule has 2 aromatic rings. The van der Waals surface area contributed by atoms with Gasteiger partial charge in [-0.1, -0.05) is 19.1 Å². The summed E-state index contributed by atoms with van der Waals surface area (Å²) in [5.74, 6) is 0. The zero-order valence-electron chi connectivity index (χ0n) is 11.9. The Morgan fingerprint density at radius 3 is 2.80 bits per heavy atom. The van der Waals surface area contributed by atoms with Crippen LogP contribution in [0.2, 0.25) is 0 Å². The lowest BCUT2D eigenvalue weighted by Crippen LogP contribution is -2.12. The molecule has 0 saturated heterocycles. The second kappa shape index (κ2) is 6.33. The van der Waals surface area contributed by atoms with Crippen molar-refractivity contribution in [1.82, 2.24) is 4.98 Å². The molecular weight excluding hydrogens is 286 g/mol. The van der Waals surface area contributed by atoms with Crippen molar-refractivity contribution in [3.63, 3.8) is 0 Å². The molecule has 5 heteroatoms. The number of nitrogens with zero attached hydrogens (tertiary/aromatic N) is 1. The Balaban J connectivity index is 2.13. The predicted octanol–water partition coefficient (Wildman–Crippen LogP) is 3.82. The van der Waals surface area contributed by atoms with Crippen LogP contribution < -0.4 is 11.1 Å². The second-order valence-corrected chi connectivity index (χ2v) is 6.36. The van der Waals surface area contributed by atoms with Gasteiger partial charge >= 0.3 is 0 Å². The molecule has 0 spiro atoms. The van der Waals surface area contributed by atoms with Gasteiger partial charge < -0.3 is 11.1 Å². The first-order valence-corrected chi connectivity index (χ1v) is 7.85. The summed E-state index contributed by atoms with van der Waals surface area (Å²) in [6, 6.07) is 6.23.